The molecule has 0 aromatic heterocycles. The third-order valence-corrected chi connectivity index (χ3v) is 3.27. The minimum Gasteiger partial charge on any atom is -0.391 e. The zero-order valence-electron chi connectivity index (χ0n) is 14.6. The van der Waals surface area contributed by atoms with Gasteiger partial charge < -0.3 is 15.4 Å². The van der Waals surface area contributed by atoms with Crippen molar-refractivity contribution in [2.24, 2.45) is 5.92 Å². The lowest BCUT2D eigenvalue weighted by Gasteiger charge is -2.13. The molecular formula is C19H27N3O. The summed E-state index contributed by atoms with van der Waals surface area (Å²) in [5.74, 6) is 0.505. The highest BCUT2D eigenvalue weighted by Gasteiger charge is 2.05. The van der Waals surface area contributed by atoms with Gasteiger partial charge in [0.1, 0.15) is 6.07 Å². The summed E-state index contributed by atoms with van der Waals surface area (Å²) in [6, 6.07) is 7.89. The quantitative estimate of drug-likeness (QED) is 0.672. The van der Waals surface area contributed by atoms with Crippen molar-refractivity contribution in [1.29, 1.82) is 5.26 Å². The lowest BCUT2D eigenvalue weighted by atomic mass is 10.1. The second-order valence-corrected chi connectivity index (χ2v) is 5.82. The van der Waals surface area contributed by atoms with Crippen LogP contribution in [0.5, 0.6) is 0 Å². The van der Waals surface area contributed by atoms with Crippen LogP contribution in [-0.4, -0.2) is 13.7 Å². The van der Waals surface area contributed by atoms with Gasteiger partial charge in [-0.15, -0.1) is 0 Å². The van der Waals surface area contributed by atoms with Gasteiger partial charge in [-0.05, 0) is 36.1 Å². The van der Waals surface area contributed by atoms with Gasteiger partial charge in [-0.1, -0.05) is 33.4 Å². The zero-order valence-corrected chi connectivity index (χ0v) is 14.6. The number of ether oxygens (including phenoxy) is 1. The van der Waals surface area contributed by atoms with Crippen LogP contribution in [0.3, 0.4) is 0 Å². The van der Waals surface area contributed by atoms with E-state index in [0.717, 1.165) is 35.7 Å². The molecule has 0 saturated heterocycles. The molecule has 2 N–H and O–H groups in total. The van der Waals surface area contributed by atoms with Crippen LogP contribution in [0.1, 0.15) is 38.3 Å². The van der Waals surface area contributed by atoms with Gasteiger partial charge in [-0.3, -0.25) is 0 Å². The number of hydrogen-bond donors (Lipinski definition) is 2. The van der Waals surface area contributed by atoms with E-state index < -0.39 is 0 Å². The maximum Gasteiger partial charge on any atom is 0.101 e. The molecule has 4 heteroatoms. The van der Waals surface area contributed by atoms with Crippen LogP contribution in [0.15, 0.2) is 42.2 Å². The molecule has 124 valence electrons. The van der Waals surface area contributed by atoms with Crippen LogP contribution in [0.2, 0.25) is 0 Å². The second-order valence-electron chi connectivity index (χ2n) is 5.82. The minimum atomic E-state index is 0.505. The molecule has 0 aliphatic heterocycles. The SMILES string of the molecule is C=C(/C=C(\CC)NC)Nc1cc(COCC(C)C)ccc1C#N. The average Bonchev–Trinajstić information content (AvgIpc) is 2.52. The third kappa shape index (κ3) is 6.58. The largest absolute Gasteiger partial charge is 0.391 e. The minimum absolute atomic E-state index is 0.505. The Hall–Kier alpha value is -2.25. The summed E-state index contributed by atoms with van der Waals surface area (Å²) in [4.78, 5) is 0. The fraction of sp³-hybridized carbons (Fsp3) is 0.421. The fourth-order valence-electron chi connectivity index (χ4n) is 2.06. The first-order valence-corrected chi connectivity index (χ1v) is 7.95. The van der Waals surface area contributed by atoms with E-state index in [9.17, 15) is 5.26 Å². The van der Waals surface area contributed by atoms with Gasteiger partial charge in [0.2, 0.25) is 0 Å². The topological polar surface area (TPSA) is 57.1 Å². The number of benzene rings is 1. The van der Waals surface area contributed by atoms with Crippen LogP contribution in [0.4, 0.5) is 5.69 Å². The number of nitrogens with zero attached hydrogens (tertiary/aromatic N) is 1. The summed E-state index contributed by atoms with van der Waals surface area (Å²) in [7, 11) is 1.88. The van der Waals surface area contributed by atoms with Gasteiger partial charge in [-0.2, -0.15) is 5.26 Å². The van der Waals surface area contributed by atoms with Gasteiger partial charge >= 0.3 is 0 Å². The monoisotopic (exact) mass is 313 g/mol. The normalized spacial score (nSPS) is 11.2. The highest BCUT2D eigenvalue weighted by Crippen LogP contribution is 2.20. The molecule has 1 rings (SSSR count). The summed E-state index contributed by atoms with van der Waals surface area (Å²) in [5.41, 5.74) is 4.21. The van der Waals surface area contributed by atoms with Crippen molar-refractivity contribution < 1.29 is 4.74 Å². The highest BCUT2D eigenvalue weighted by atomic mass is 16.5. The maximum atomic E-state index is 9.27. The molecule has 0 aliphatic rings. The van der Waals surface area contributed by atoms with E-state index in [0.29, 0.717) is 18.1 Å². The Morgan fingerprint density at radius 3 is 2.74 bits per heavy atom. The van der Waals surface area contributed by atoms with Crippen molar-refractivity contribution in [3.05, 3.63) is 53.4 Å². The Kier molecular flexibility index (Phi) is 7.93. The van der Waals surface area contributed by atoms with Crippen LogP contribution in [0, 0.1) is 17.2 Å². The number of rotatable bonds is 9. The summed E-state index contributed by atoms with van der Waals surface area (Å²) in [5, 5.41) is 15.6. The molecule has 23 heavy (non-hydrogen) atoms. The number of allylic oxidation sites excluding steroid dienone is 2. The standard InChI is InChI=1S/C19H27N3O/c1-6-18(21-5)9-15(4)22-19-10-16(7-8-17(19)11-20)13-23-12-14(2)3/h7-10,14,21-22H,4,6,12-13H2,1-3,5H3/b18-9+. The van der Waals surface area contributed by atoms with Crippen molar-refractivity contribution in [2.75, 3.05) is 19.0 Å². The van der Waals surface area contributed by atoms with E-state index in [1.165, 1.54) is 0 Å². The average molecular weight is 313 g/mol. The number of hydrogen-bond acceptors (Lipinski definition) is 4. The molecule has 0 radical (unpaired) electrons. The van der Waals surface area contributed by atoms with Crippen LogP contribution in [0.25, 0.3) is 0 Å². The van der Waals surface area contributed by atoms with Crippen molar-refractivity contribution in [1.82, 2.24) is 5.32 Å². The molecule has 0 bridgehead atoms. The predicted octanol–water partition coefficient (Wildman–Crippen LogP) is 4.17. The lowest BCUT2D eigenvalue weighted by molar-refractivity contribution is 0.0971. The molecule has 0 heterocycles. The van der Waals surface area contributed by atoms with Gasteiger partial charge in [0, 0.05) is 25.0 Å². The zero-order chi connectivity index (χ0) is 17.2. The van der Waals surface area contributed by atoms with Crippen molar-refractivity contribution in [3.8, 4) is 6.07 Å². The lowest BCUT2D eigenvalue weighted by Crippen LogP contribution is -2.07. The van der Waals surface area contributed by atoms with Gasteiger partial charge in [0.15, 0.2) is 0 Å². The molecule has 1 aromatic carbocycles. The second kappa shape index (κ2) is 9.70. The Balaban J connectivity index is 2.85. The number of nitrogens with one attached hydrogen (secondary N) is 2. The number of anilines is 1. The Morgan fingerprint density at radius 1 is 1.43 bits per heavy atom. The van der Waals surface area contributed by atoms with Gasteiger partial charge in [0.25, 0.3) is 0 Å². The smallest absolute Gasteiger partial charge is 0.101 e. The van der Waals surface area contributed by atoms with Crippen LogP contribution < -0.4 is 10.6 Å². The number of nitriles is 1. The first kappa shape index (κ1) is 18.8. The van der Waals surface area contributed by atoms with E-state index >= 15 is 0 Å². The molecule has 0 saturated carbocycles. The molecule has 0 atom stereocenters. The fourth-order valence-corrected chi connectivity index (χ4v) is 2.06. The van der Waals surface area contributed by atoms with Crippen LogP contribution in [-0.2, 0) is 11.3 Å². The summed E-state index contributed by atoms with van der Waals surface area (Å²) < 4.78 is 5.66. The molecule has 0 unspecified atom stereocenters. The van der Waals surface area contributed by atoms with Crippen molar-refractivity contribution >= 4 is 5.69 Å². The highest BCUT2D eigenvalue weighted by molar-refractivity contribution is 5.62. The maximum absolute atomic E-state index is 9.27. The van der Waals surface area contributed by atoms with Crippen LogP contribution >= 0.6 is 0 Å². The summed E-state index contributed by atoms with van der Waals surface area (Å²) >= 11 is 0. The predicted molar refractivity (Wildman–Crippen MR) is 95.8 cm³/mol. The molecule has 0 spiro atoms. The van der Waals surface area contributed by atoms with E-state index in [4.69, 9.17) is 4.74 Å². The molecule has 0 fully saturated rings. The molecule has 1 aromatic rings. The first-order valence-electron chi connectivity index (χ1n) is 7.95. The summed E-state index contributed by atoms with van der Waals surface area (Å²) in [6.45, 7) is 11.6. The molecule has 0 aliphatic carbocycles. The third-order valence-electron chi connectivity index (χ3n) is 3.27. The first-order chi connectivity index (χ1) is 11.0. The molecule has 4 nitrogen and oxygen atoms in total. The van der Waals surface area contributed by atoms with E-state index in [1.807, 2.05) is 31.3 Å². The molecule has 0 amide bonds. The van der Waals surface area contributed by atoms with E-state index in [-0.39, 0.29) is 0 Å². The summed E-state index contributed by atoms with van der Waals surface area (Å²) in [6.07, 6.45) is 2.84. The Morgan fingerprint density at radius 2 is 2.17 bits per heavy atom. The Bertz CT molecular complexity index is 591. The van der Waals surface area contributed by atoms with Gasteiger partial charge in [0.05, 0.1) is 17.9 Å². The van der Waals surface area contributed by atoms with Gasteiger partial charge in [-0.25, -0.2) is 0 Å². The van der Waals surface area contributed by atoms with E-state index in [1.54, 1.807) is 0 Å². The Labute approximate surface area is 139 Å². The molecular weight excluding hydrogens is 286 g/mol. The van der Waals surface area contributed by atoms with E-state index in [2.05, 4.69) is 44.1 Å². The van der Waals surface area contributed by atoms with Crippen molar-refractivity contribution in [2.45, 2.75) is 33.8 Å². The van der Waals surface area contributed by atoms with Crippen molar-refractivity contribution in [3.63, 3.8) is 0 Å².